The summed E-state index contributed by atoms with van der Waals surface area (Å²) < 4.78 is 10.3. The molecule has 0 aliphatic carbocycles. The first kappa shape index (κ1) is 24.6. The fourth-order valence-electron chi connectivity index (χ4n) is 3.73. The summed E-state index contributed by atoms with van der Waals surface area (Å²) in [6.45, 7) is 3.32. The number of benzene rings is 2. The van der Waals surface area contributed by atoms with E-state index in [4.69, 9.17) is 21.1 Å². The maximum absolute atomic E-state index is 12.6. The highest BCUT2D eigenvalue weighted by Gasteiger charge is 2.28. The van der Waals surface area contributed by atoms with E-state index in [1.54, 1.807) is 30.0 Å². The maximum Gasteiger partial charge on any atom is 0.340 e. The molecule has 0 bridgehead atoms. The number of carbonyl (C=O) groups excluding carboxylic acids is 3. The lowest BCUT2D eigenvalue weighted by Gasteiger charge is -2.30. The van der Waals surface area contributed by atoms with E-state index in [9.17, 15) is 14.4 Å². The molecule has 0 saturated carbocycles. The Bertz CT molecular complexity index is 956. The Morgan fingerprint density at radius 1 is 1.03 bits per heavy atom. The fraction of sp³-hybridized carbons (Fsp3) is 0.400. The third-order valence-corrected chi connectivity index (χ3v) is 5.84. The number of halogens is 1. The van der Waals surface area contributed by atoms with Gasteiger partial charge < -0.3 is 19.7 Å². The number of rotatable bonds is 9. The average Bonchev–Trinajstić information content (AvgIpc) is 2.84. The topological polar surface area (TPSA) is 84.9 Å². The second kappa shape index (κ2) is 12.3. The van der Waals surface area contributed by atoms with Crippen LogP contribution in [0.5, 0.6) is 0 Å². The van der Waals surface area contributed by atoms with Gasteiger partial charge in [-0.05, 0) is 56.0 Å². The summed E-state index contributed by atoms with van der Waals surface area (Å²) in [4.78, 5) is 38.6. The summed E-state index contributed by atoms with van der Waals surface area (Å²) >= 11 is 5.92. The molecule has 8 heteroatoms. The van der Waals surface area contributed by atoms with E-state index >= 15 is 0 Å². The molecule has 176 valence electrons. The molecule has 0 unspecified atom stereocenters. The molecule has 7 nitrogen and oxygen atoms in total. The molecule has 1 amide bonds. The maximum atomic E-state index is 12.6. The number of likely N-dealkylation sites (tertiary alicyclic amines) is 1. The molecular weight excluding hydrogens is 444 g/mol. The molecule has 1 fully saturated rings. The van der Waals surface area contributed by atoms with Gasteiger partial charge in [-0.1, -0.05) is 35.9 Å². The Balaban J connectivity index is 1.47. The van der Waals surface area contributed by atoms with E-state index in [0.717, 1.165) is 12.0 Å². The fourth-order valence-corrected chi connectivity index (χ4v) is 3.85. The van der Waals surface area contributed by atoms with Crippen molar-refractivity contribution < 1.29 is 23.9 Å². The third kappa shape index (κ3) is 7.22. The van der Waals surface area contributed by atoms with Crippen LogP contribution in [-0.2, 0) is 25.5 Å². The number of esters is 2. The van der Waals surface area contributed by atoms with Crippen molar-refractivity contribution in [2.24, 2.45) is 5.92 Å². The van der Waals surface area contributed by atoms with Crippen molar-refractivity contribution in [2.75, 3.05) is 38.2 Å². The van der Waals surface area contributed by atoms with Crippen LogP contribution in [0.2, 0.25) is 5.02 Å². The summed E-state index contributed by atoms with van der Waals surface area (Å²) in [6, 6.07) is 14.7. The molecule has 0 spiro atoms. The van der Waals surface area contributed by atoms with E-state index in [-0.39, 0.29) is 24.4 Å². The molecule has 2 aromatic rings. The summed E-state index contributed by atoms with van der Waals surface area (Å²) in [5.41, 5.74) is 2.16. The highest BCUT2D eigenvalue weighted by atomic mass is 35.5. The molecule has 33 heavy (non-hydrogen) atoms. The minimum Gasteiger partial charge on any atom is -0.466 e. The van der Waals surface area contributed by atoms with Gasteiger partial charge in [0.05, 0.1) is 18.1 Å². The lowest BCUT2D eigenvalue weighted by Crippen LogP contribution is -2.42. The van der Waals surface area contributed by atoms with E-state index < -0.39 is 5.97 Å². The quantitative estimate of drug-likeness (QED) is 0.556. The van der Waals surface area contributed by atoms with Gasteiger partial charge in [-0.2, -0.15) is 0 Å². The van der Waals surface area contributed by atoms with E-state index in [1.165, 1.54) is 0 Å². The van der Waals surface area contributed by atoms with Gasteiger partial charge >= 0.3 is 11.9 Å². The lowest BCUT2D eigenvalue weighted by atomic mass is 9.97. The highest BCUT2D eigenvalue weighted by molar-refractivity contribution is 6.30. The highest BCUT2D eigenvalue weighted by Crippen LogP contribution is 2.20. The standard InChI is InChI=1S/C25H29ClN2O5/c1-2-32-24(30)19-12-15-28(16-13-19)23(29)17-33-25(31)21-5-3-4-6-22(21)27-14-11-18-7-9-20(26)10-8-18/h3-10,19,27H,2,11-17H2,1H3. The summed E-state index contributed by atoms with van der Waals surface area (Å²) in [5.74, 6) is -1.21. The molecule has 0 atom stereocenters. The first-order valence-corrected chi connectivity index (χ1v) is 11.5. The largest absolute Gasteiger partial charge is 0.466 e. The number of para-hydroxylation sites is 1. The summed E-state index contributed by atoms with van der Waals surface area (Å²) in [6.07, 6.45) is 1.87. The molecule has 0 aromatic heterocycles. The van der Waals surface area contributed by atoms with Gasteiger partial charge in [-0.25, -0.2) is 4.79 Å². The molecule has 1 aliphatic heterocycles. The zero-order valence-electron chi connectivity index (χ0n) is 18.7. The van der Waals surface area contributed by atoms with Crippen molar-refractivity contribution in [3.63, 3.8) is 0 Å². The Kier molecular flexibility index (Phi) is 9.13. The molecular formula is C25H29ClN2O5. The normalized spacial score (nSPS) is 13.9. The molecule has 2 aromatic carbocycles. The Morgan fingerprint density at radius 3 is 2.42 bits per heavy atom. The van der Waals surface area contributed by atoms with Gasteiger partial charge in [0.1, 0.15) is 0 Å². The number of carbonyl (C=O) groups is 3. The smallest absolute Gasteiger partial charge is 0.340 e. The third-order valence-electron chi connectivity index (χ3n) is 5.58. The van der Waals surface area contributed by atoms with Gasteiger partial charge in [-0.15, -0.1) is 0 Å². The van der Waals surface area contributed by atoms with Crippen LogP contribution in [0.3, 0.4) is 0 Å². The number of nitrogens with one attached hydrogen (secondary N) is 1. The van der Waals surface area contributed by atoms with Gasteiger partial charge in [0, 0.05) is 30.3 Å². The predicted octanol–water partition coefficient (Wildman–Crippen LogP) is 3.95. The number of anilines is 1. The van der Waals surface area contributed by atoms with Crippen LogP contribution >= 0.6 is 11.6 Å². The van der Waals surface area contributed by atoms with Crippen LogP contribution < -0.4 is 5.32 Å². The van der Waals surface area contributed by atoms with E-state index in [1.807, 2.05) is 30.3 Å². The molecule has 1 heterocycles. The average molecular weight is 473 g/mol. The first-order valence-electron chi connectivity index (χ1n) is 11.2. The van der Waals surface area contributed by atoms with Crippen molar-refractivity contribution in [1.82, 2.24) is 4.90 Å². The zero-order chi connectivity index (χ0) is 23.6. The van der Waals surface area contributed by atoms with Crippen LogP contribution in [0.25, 0.3) is 0 Å². The van der Waals surface area contributed by atoms with E-state index in [2.05, 4.69) is 5.32 Å². The molecule has 1 saturated heterocycles. The predicted molar refractivity (Wildman–Crippen MR) is 126 cm³/mol. The van der Waals surface area contributed by atoms with Crippen LogP contribution in [0, 0.1) is 5.92 Å². The van der Waals surface area contributed by atoms with Gasteiger partial charge in [0.2, 0.25) is 0 Å². The first-order chi connectivity index (χ1) is 16.0. The number of nitrogens with zero attached hydrogens (tertiary/aromatic N) is 1. The Hall–Kier alpha value is -3.06. The van der Waals surface area contributed by atoms with Gasteiger partial charge in [0.15, 0.2) is 6.61 Å². The molecule has 1 N–H and O–H groups in total. The van der Waals surface area contributed by atoms with Crippen molar-refractivity contribution in [3.8, 4) is 0 Å². The zero-order valence-corrected chi connectivity index (χ0v) is 19.5. The van der Waals surface area contributed by atoms with Crippen molar-refractivity contribution in [2.45, 2.75) is 26.2 Å². The van der Waals surface area contributed by atoms with Gasteiger partial charge in [-0.3, -0.25) is 9.59 Å². The van der Waals surface area contributed by atoms with Crippen molar-refractivity contribution in [1.29, 1.82) is 0 Å². The Morgan fingerprint density at radius 2 is 1.73 bits per heavy atom. The monoisotopic (exact) mass is 472 g/mol. The van der Waals surface area contributed by atoms with Crippen molar-refractivity contribution >= 4 is 35.1 Å². The summed E-state index contributed by atoms with van der Waals surface area (Å²) in [7, 11) is 0. The second-order valence-electron chi connectivity index (χ2n) is 7.83. The van der Waals surface area contributed by atoms with Crippen LogP contribution in [0.1, 0.15) is 35.7 Å². The minimum absolute atomic E-state index is 0.178. The van der Waals surface area contributed by atoms with Crippen LogP contribution in [0.4, 0.5) is 5.69 Å². The number of hydrogen-bond donors (Lipinski definition) is 1. The van der Waals surface area contributed by atoms with Crippen LogP contribution in [-0.4, -0.2) is 55.6 Å². The SMILES string of the molecule is CCOC(=O)C1CCN(C(=O)COC(=O)c2ccccc2NCCc2ccc(Cl)cc2)CC1. The number of amides is 1. The lowest BCUT2D eigenvalue weighted by molar-refractivity contribution is -0.151. The van der Waals surface area contributed by atoms with Crippen molar-refractivity contribution in [3.05, 3.63) is 64.7 Å². The minimum atomic E-state index is -0.556. The van der Waals surface area contributed by atoms with Gasteiger partial charge in [0.25, 0.3) is 5.91 Å². The number of piperidine rings is 1. The van der Waals surface area contributed by atoms with Crippen LogP contribution in [0.15, 0.2) is 48.5 Å². The molecule has 0 radical (unpaired) electrons. The number of hydrogen-bond acceptors (Lipinski definition) is 6. The molecule has 3 rings (SSSR count). The molecule has 1 aliphatic rings. The van der Waals surface area contributed by atoms with E-state index in [0.29, 0.717) is 55.4 Å². The number of ether oxygens (including phenoxy) is 2. The Labute approximate surface area is 199 Å². The summed E-state index contributed by atoms with van der Waals surface area (Å²) in [5, 5.41) is 3.95. The second-order valence-corrected chi connectivity index (χ2v) is 8.27.